The molecule has 0 N–H and O–H groups in total. The molecule has 104 valence electrons. The van der Waals surface area contributed by atoms with Gasteiger partial charge in [0.15, 0.2) is 11.5 Å². The maximum atomic E-state index is 12.4. The summed E-state index contributed by atoms with van der Waals surface area (Å²) in [4.78, 5) is 12.4. The van der Waals surface area contributed by atoms with Crippen molar-refractivity contribution in [2.75, 3.05) is 0 Å². The third kappa shape index (κ3) is 2.74. The second-order valence-corrected chi connectivity index (χ2v) is 6.04. The number of hydrogen-bond donors (Lipinski definition) is 0. The molecule has 0 saturated heterocycles. The normalized spacial score (nSPS) is 10.6. The Balaban J connectivity index is 2.29. The third-order valence-electron chi connectivity index (χ3n) is 3.07. The van der Waals surface area contributed by atoms with Gasteiger partial charge in [-0.3, -0.25) is 4.79 Å². The molecule has 0 saturated carbocycles. The first-order valence-electron chi connectivity index (χ1n) is 6.31. The zero-order valence-corrected chi connectivity index (χ0v) is 14.0. The highest BCUT2D eigenvalue weighted by Gasteiger charge is 2.18. The Kier molecular flexibility index (Phi) is 4.08. The van der Waals surface area contributed by atoms with E-state index in [0.29, 0.717) is 20.5 Å². The largest absolute Gasteiger partial charge is 0.453 e. The summed E-state index contributed by atoms with van der Waals surface area (Å²) in [5.74, 6) is 1.06. The van der Waals surface area contributed by atoms with E-state index in [0.717, 1.165) is 11.1 Å². The van der Waals surface area contributed by atoms with Gasteiger partial charge in [0.05, 0.1) is 0 Å². The molecule has 0 aliphatic rings. The van der Waals surface area contributed by atoms with Gasteiger partial charge in [0, 0.05) is 11.1 Å². The molecule has 0 aliphatic heterocycles. The van der Waals surface area contributed by atoms with E-state index in [2.05, 4.69) is 31.9 Å². The Labute approximate surface area is 138 Å². The third-order valence-corrected chi connectivity index (χ3v) is 4.51. The van der Waals surface area contributed by atoms with Gasteiger partial charge >= 0.3 is 0 Å². The average Bonchev–Trinajstić information content (AvgIpc) is 2.55. The molecule has 0 unspecified atom stereocenters. The van der Waals surface area contributed by atoms with Gasteiger partial charge < -0.3 is 4.42 Å². The Bertz CT molecular complexity index is 758. The molecule has 0 bridgehead atoms. The van der Waals surface area contributed by atoms with Crippen LogP contribution in [0.4, 0.5) is 0 Å². The fourth-order valence-electron chi connectivity index (χ4n) is 2.04. The first-order chi connectivity index (χ1) is 10.2. The Morgan fingerprint density at radius 3 is 1.43 bits per heavy atom. The summed E-state index contributed by atoms with van der Waals surface area (Å²) in [5, 5.41) is 0. The molecule has 0 amide bonds. The van der Waals surface area contributed by atoms with Crippen molar-refractivity contribution in [3.05, 3.63) is 79.8 Å². The number of halogens is 2. The van der Waals surface area contributed by atoms with Crippen molar-refractivity contribution in [1.82, 2.24) is 0 Å². The second kappa shape index (κ2) is 6.00. The molecule has 4 heteroatoms. The minimum Gasteiger partial charge on any atom is -0.453 e. The van der Waals surface area contributed by atoms with Crippen LogP contribution in [0.2, 0.25) is 0 Å². The van der Waals surface area contributed by atoms with Crippen molar-refractivity contribution < 1.29 is 4.42 Å². The first kappa shape index (κ1) is 14.3. The topological polar surface area (TPSA) is 30.2 Å². The van der Waals surface area contributed by atoms with E-state index in [4.69, 9.17) is 4.42 Å². The van der Waals surface area contributed by atoms with Crippen LogP contribution in [0.1, 0.15) is 0 Å². The van der Waals surface area contributed by atoms with Crippen LogP contribution in [0.3, 0.4) is 0 Å². The van der Waals surface area contributed by atoms with Crippen LogP contribution in [0.25, 0.3) is 22.6 Å². The highest BCUT2D eigenvalue weighted by Crippen LogP contribution is 2.34. The molecule has 0 fully saturated rings. The van der Waals surface area contributed by atoms with Crippen LogP contribution >= 0.6 is 31.9 Å². The fourth-order valence-corrected chi connectivity index (χ4v) is 3.33. The van der Waals surface area contributed by atoms with Crippen molar-refractivity contribution >= 4 is 31.9 Å². The number of rotatable bonds is 2. The zero-order valence-electron chi connectivity index (χ0n) is 10.8. The number of benzene rings is 2. The molecule has 1 aromatic heterocycles. The summed E-state index contributed by atoms with van der Waals surface area (Å²) >= 11 is 6.68. The predicted octanol–water partition coefficient (Wildman–Crippen LogP) is 5.50. The van der Waals surface area contributed by atoms with E-state index in [9.17, 15) is 4.79 Å². The van der Waals surface area contributed by atoms with Crippen LogP contribution in [0.15, 0.2) is 78.8 Å². The molecular weight excluding hydrogens is 396 g/mol. The Morgan fingerprint density at radius 2 is 1.05 bits per heavy atom. The van der Waals surface area contributed by atoms with Gasteiger partial charge in [0.2, 0.25) is 5.43 Å². The molecule has 2 nitrogen and oxygen atoms in total. The molecule has 0 spiro atoms. The summed E-state index contributed by atoms with van der Waals surface area (Å²) in [6.07, 6.45) is 0. The minimum atomic E-state index is -0.126. The lowest BCUT2D eigenvalue weighted by Crippen LogP contribution is -2.06. The predicted molar refractivity (Wildman–Crippen MR) is 91.3 cm³/mol. The van der Waals surface area contributed by atoms with Gasteiger partial charge in [-0.1, -0.05) is 60.7 Å². The second-order valence-electron chi connectivity index (χ2n) is 4.45. The first-order valence-corrected chi connectivity index (χ1v) is 7.90. The maximum absolute atomic E-state index is 12.4. The SMILES string of the molecule is O=c1c(Br)c(-c2ccccc2)oc(-c2ccccc2)c1Br. The summed E-state index contributed by atoms with van der Waals surface area (Å²) in [7, 11) is 0. The lowest BCUT2D eigenvalue weighted by Gasteiger charge is -2.09. The van der Waals surface area contributed by atoms with E-state index < -0.39 is 0 Å². The van der Waals surface area contributed by atoms with Gasteiger partial charge in [-0.25, -0.2) is 0 Å². The van der Waals surface area contributed by atoms with Crippen LogP contribution in [-0.4, -0.2) is 0 Å². The van der Waals surface area contributed by atoms with Crippen LogP contribution in [0.5, 0.6) is 0 Å². The van der Waals surface area contributed by atoms with Gasteiger partial charge in [0.25, 0.3) is 0 Å². The monoisotopic (exact) mass is 404 g/mol. The molecule has 0 atom stereocenters. The van der Waals surface area contributed by atoms with Gasteiger partial charge in [-0.15, -0.1) is 0 Å². The highest BCUT2D eigenvalue weighted by molar-refractivity contribution is 9.11. The summed E-state index contributed by atoms with van der Waals surface area (Å²) < 4.78 is 6.83. The Hall–Kier alpha value is -1.65. The summed E-state index contributed by atoms with van der Waals surface area (Å²) in [6, 6.07) is 19.1. The van der Waals surface area contributed by atoms with Crippen LogP contribution < -0.4 is 5.43 Å². The van der Waals surface area contributed by atoms with Gasteiger partial charge in [-0.05, 0) is 31.9 Å². The van der Waals surface area contributed by atoms with Crippen LogP contribution in [0, 0.1) is 0 Å². The van der Waals surface area contributed by atoms with Gasteiger partial charge in [0.1, 0.15) is 8.95 Å². The zero-order chi connectivity index (χ0) is 14.8. The summed E-state index contributed by atoms with van der Waals surface area (Å²) in [6.45, 7) is 0. The smallest absolute Gasteiger partial charge is 0.214 e. The van der Waals surface area contributed by atoms with E-state index >= 15 is 0 Å². The molecule has 3 rings (SSSR count). The van der Waals surface area contributed by atoms with E-state index in [1.165, 1.54) is 0 Å². The van der Waals surface area contributed by atoms with Crippen molar-refractivity contribution in [2.24, 2.45) is 0 Å². The molecule has 0 radical (unpaired) electrons. The van der Waals surface area contributed by atoms with E-state index in [-0.39, 0.29) is 5.43 Å². The standard InChI is InChI=1S/C17H10Br2O2/c18-13-15(20)14(19)17(12-9-5-2-6-10-12)21-16(13)11-7-3-1-4-8-11/h1-10H. The van der Waals surface area contributed by atoms with Crippen LogP contribution in [-0.2, 0) is 0 Å². The summed E-state index contributed by atoms with van der Waals surface area (Å²) in [5.41, 5.74) is 1.58. The molecule has 1 heterocycles. The molecule has 21 heavy (non-hydrogen) atoms. The van der Waals surface area contributed by atoms with Crippen molar-refractivity contribution in [1.29, 1.82) is 0 Å². The van der Waals surface area contributed by atoms with Gasteiger partial charge in [-0.2, -0.15) is 0 Å². The number of hydrogen-bond acceptors (Lipinski definition) is 2. The van der Waals surface area contributed by atoms with E-state index in [1.54, 1.807) is 0 Å². The van der Waals surface area contributed by atoms with Crippen molar-refractivity contribution in [3.8, 4) is 22.6 Å². The van der Waals surface area contributed by atoms with Crippen molar-refractivity contribution in [2.45, 2.75) is 0 Å². The fraction of sp³-hybridized carbons (Fsp3) is 0. The average molecular weight is 406 g/mol. The highest BCUT2D eigenvalue weighted by atomic mass is 79.9. The molecule has 2 aromatic carbocycles. The maximum Gasteiger partial charge on any atom is 0.214 e. The molecule has 0 aliphatic carbocycles. The molecule has 3 aromatic rings. The van der Waals surface area contributed by atoms with Crippen molar-refractivity contribution in [3.63, 3.8) is 0 Å². The molecular formula is C17H10Br2O2. The lowest BCUT2D eigenvalue weighted by atomic mass is 10.1. The quantitative estimate of drug-likeness (QED) is 0.563. The Morgan fingerprint density at radius 1 is 0.667 bits per heavy atom. The van der Waals surface area contributed by atoms with E-state index in [1.807, 2.05) is 60.7 Å². The lowest BCUT2D eigenvalue weighted by molar-refractivity contribution is 0.573. The minimum absolute atomic E-state index is 0.126.